The minimum absolute atomic E-state index is 0.00776. The molecule has 2 heterocycles. The molecule has 1 aliphatic rings. The van der Waals surface area contributed by atoms with Crippen LogP contribution in [0.25, 0.3) is 5.69 Å². The van der Waals surface area contributed by atoms with Gasteiger partial charge in [-0.2, -0.15) is 0 Å². The van der Waals surface area contributed by atoms with Crippen LogP contribution in [0.1, 0.15) is 18.9 Å². The summed E-state index contributed by atoms with van der Waals surface area (Å²) >= 11 is 0. The predicted molar refractivity (Wildman–Crippen MR) is 85.7 cm³/mol. The Labute approximate surface area is 139 Å². The van der Waals surface area contributed by atoms with Gasteiger partial charge in [-0.05, 0) is 24.6 Å². The first-order valence-electron chi connectivity index (χ1n) is 7.90. The van der Waals surface area contributed by atoms with Crippen LogP contribution in [0.3, 0.4) is 0 Å². The first kappa shape index (κ1) is 16.2. The Hall–Kier alpha value is -2.70. The van der Waals surface area contributed by atoms with Crippen LogP contribution in [0.15, 0.2) is 36.9 Å². The van der Waals surface area contributed by atoms with Gasteiger partial charge in [-0.25, -0.2) is 9.37 Å². The van der Waals surface area contributed by atoms with E-state index in [0.717, 1.165) is 0 Å². The molecule has 3 rings (SSSR count). The van der Waals surface area contributed by atoms with E-state index in [-0.39, 0.29) is 36.5 Å². The second-order valence-electron chi connectivity index (χ2n) is 5.81. The molecule has 126 valence electrons. The van der Waals surface area contributed by atoms with Crippen LogP contribution in [0, 0.1) is 11.7 Å². The first-order chi connectivity index (χ1) is 11.6. The molecule has 1 N–H and O–H groups in total. The van der Waals surface area contributed by atoms with Gasteiger partial charge in [0.1, 0.15) is 5.82 Å². The maximum Gasteiger partial charge on any atom is 0.225 e. The molecule has 0 aliphatic carbocycles. The zero-order valence-electron chi connectivity index (χ0n) is 13.4. The normalized spacial score (nSPS) is 17.3. The Morgan fingerprint density at radius 1 is 1.46 bits per heavy atom. The van der Waals surface area contributed by atoms with Crippen LogP contribution in [0.5, 0.6) is 0 Å². The predicted octanol–water partition coefficient (Wildman–Crippen LogP) is 1.50. The average molecular weight is 330 g/mol. The van der Waals surface area contributed by atoms with Crippen LogP contribution in [-0.2, 0) is 16.1 Å². The van der Waals surface area contributed by atoms with Gasteiger partial charge >= 0.3 is 0 Å². The Kier molecular flexibility index (Phi) is 4.59. The molecule has 0 radical (unpaired) electrons. The standard InChI is InChI=1S/C17H19FN4O2/c1-2-21-10-13(8-16(21)23)17(24)20-9-12-3-4-15(14(18)7-12)22-6-5-19-11-22/h3-7,11,13H,2,8-10H2,1H3,(H,20,24). The molecule has 1 aromatic heterocycles. The zero-order chi connectivity index (χ0) is 17.1. The first-order valence-corrected chi connectivity index (χ1v) is 7.90. The average Bonchev–Trinajstić information content (AvgIpc) is 3.22. The number of carbonyl (C=O) groups excluding carboxylic acids is 2. The number of imidazole rings is 1. The van der Waals surface area contributed by atoms with Crippen molar-refractivity contribution in [2.75, 3.05) is 13.1 Å². The fourth-order valence-electron chi connectivity index (χ4n) is 2.86. The highest BCUT2D eigenvalue weighted by atomic mass is 19.1. The second kappa shape index (κ2) is 6.82. The summed E-state index contributed by atoms with van der Waals surface area (Å²) in [5.74, 6) is -0.868. The molecule has 6 nitrogen and oxygen atoms in total. The number of nitrogens with zero attached hydrogens (tertiary/aromatic N) is 3. The summed E-state index contributed by atoms with van der Waals surface area (Å²) in [4.78, 5) is 29.4. The van der Waals surface area contributed by atoms with Crippen molar-refractivity contribution in [2.24, 2.45) is 5.92 Å². The van der Waals surface area contributed by atoms with Crippen molar-refractivity contribution in [3.05, 3.63) is 48.3 Å². The molecule has 1 unspecified atom stereocenters. The maximum atomic E-state index is 14.2. The van der Waals surface area contributed by atoms with Gasteiger partial charge in [-0.3, -0.25) is 9.59 Å². The van der Waals surface area contributed by atoms with Gasteiger partial charge in [-0.1, -0.05) is 6.07 Å². The summed E-state index contributed by atoms with van der Waals surface area (Å²) in [6, 6.07) is 4.81. The van der Waals surface area contributed by atoms with Crippen LogP contribution >= 0.6 is 0 Å². The zero-order valence-corrected chi connectivity index (χ0v) is 13.4. The van der Waals surface area contributed by atoms with Crippen LogP contribution in [-0.4, -0.2) is 39.4 Å². The number of halogens is 1. The summed E-state index contributed by atoms with van der Waals surface area (Å²) in [5.41, 5.74) is 1.07. The van der Waals surface area contributed by atoms with Gasteiger partial charge in [0.25, 0.3) is 0 Å². The molecule has 1 aromatic carbocycles. The number of aromatic nitrogens is 2. The third-order valence-corrected chi connectivity index (χ3v) is 4.23. The Morgan fingerprint density at radius 2 is 2.29 bits per heavy atom. The number of hydrogen-bond acceptors (Lipinski definition) is 3. The molecule has 0 bridgehead atoms. The molecule has 0 saturated carbocycles. The van der Waals surface area contributed by atoms with Crippen molar-refractivity contribution < 1.29 is 14.0 Å². The van der Waals surface area contributed by atoms with Gasteiger partial charge in [-0.15, -0.1) is 0 Å². The van der Waals surface area contributed by atoms with E-state index in [1.54, 1.807) is 34.0 Å². The summed E-state index contributed by atoms with van der Waals surface area (Å²) in [6.45, 7) is 3.19. The summed E-state index contributed by atoms with van der Waals surface area (Å²) in [6.07, 6.45) is 5.01. The van der Waals surface area contributed by atoms with E-state index in [9.17, 15) is 14.0 Å². The number of rotatable bonds is 5. The van der Waals surface area contributed by atoms with Crippen molar-refractivity contribution in [1.82, 2.24) is 19.8 Å². The van der Waals surface area contributed by atoms with E-state index in [4.69, 9.17) is 0 Å². The number of benzene rings is 1. The molecule has 1 fully saturated rings. The summed E-state index contributed by atoms with van der Waals surface area (Å²) in [5, 5.41) is 2.78. The van der Waals surface area contributed by atoms with Crippen molar-refractivity contribution in [3.63, 3.8) is 0 Å². The highest BCUT2D eigenvalue weighted by Crippen LogP contribution is 2.18. The van der Waals surface area contributed by atoms with E-state index < -0.39 is 0 Å². The lowest BCUT2D eigenvalue weighted by Gasteiger charge is -2.14. The highest BCUT2D eigenvalue weighted by molar-refractivity contribution is 5.89. The topological polar surface area (TPSA) is 67.2 Å². The van der Waals surface area contributed by atoms with Gasteiger partial charge in [0.2, 0.25) is 11.8 Å². The van der Waals surface area contributed by atoms with Crippen molar-refractivity contribution in [3.8, 4) is 5.69 Å². The summed E-state index contributed by atoms with van der Waals surface area (Å²) in [7, 11) is 0. The quantitative estimate of drug-likeness (QED) is 0.903. The lowest BCUT2D eigenvalue weighted by Crippen LogP contribution is -2.32. The highest BCUT2D eigenvalue weighted by Gasteiger charge is 2.33. The van der Waals surface area contributed by atoms with Crippen molar-refractivity contribution >= 4 is 11.8 Å². The van der Waals surface area contributed by atoms with E-state index in [0.29, 0.717) is 24.3 Å². The molecule has 2 amide bonds. The van der Waals surface area contributed by atoms with Gasteiger partial charge in [0, 0.05) is 38.4 Å². The number of nitrogens with one attached hydrogen (secondary N) is 1. The maximum absolute atomic E-state index is 14.2. The molecule has 24 heavy (non-hydrogen) atoms. The second-order valence-corrected chi connectivity index (χ2v) is 5.81. The van der Waals surface area contributed by atoms with Gasteiger partial charge < -0.3 is 14.8 Å². The van der Waals surface area contributed by atoms with Crippen molar-refractivity contribution in [2.45, 2.75) is 19.9 Å². The molecule has 7 heteroatoms. The molecular weight excluding hydrogens is 311 g/mol. The molecular formula is C17H19FN4O2. The number of amides is 2. The third kappa shape index (κ3) is 3.29. The SMILES string of the molecule is CCN1CC(C(=O)NCc2ccc(-n3ccnc3)c(F)c2)CC1=O. The number of likely N-dealkylation sites (tertiary alicyclic amines) is 1. The van der Waals surface area contributed by atoms with E-state index in [2.05, 4.69) is 10.3 Å². The molecule has 1 aliphatic heterocycles. The Morgan fingerprint density at radius 3 is 2.92 bits per heavy atom. The van der Waals surface area contributed by atoms with Gasteiger partial charge in [0.15, 0.2) is 0 Å². The van der Waals surface area contributed by atoms with Crippen molar-refractivity contribution in [1.29, 1.82) is 0 Å². The summed E-state index contributed by atoms with van der Waals surface area (Å²) < 4.78 is 15.8. The minimum Gasteiger partial charge on any atom is -0.352 e. The van der Waals surface area contributed by atoms with Crippen LogP contribution < -0.4 is 5.32 Å². The van der Waals surface area contributed by atoms with Gasteiger partial charge in [0.05, 0.1) is 17.9 Å². The largest absolute Gasteiger partial charge is 0.352 e. The minimum atomic E-state index is -0.382. The fraction of sp³-hybridized carbons (Fsp3) is 0.353. The lowest BCUT2D eigenvalue weighted by atomic mass is 10.1. The van der Waals surface area contributed by atoms with E-state index in [1.165, 1.54) is 12.4 Å². The van der Waals surface area contributed by atoms with E-state index in [1.807, 2.05) is 6.92 Å². The molecule has 2 aromatic rings. The molecule has 1 atom stereocenters. The van der Waals surface area contributed by atoms with E-state index >= 15 is 0 Å². The molecule has 1 saturated heterocycles. The van der Waals surface area contributed by atoms with Crippen LogP contribution in [0.4, 0.5) is 4.39 Å². The number of hydrogen-bond donors (Lipinski definition) is 1. The lowest BCUT2D eigenvalue weighted by molar-refractivity contribution is -0.128. The Bertz CT molecular complexity index is 745. The Balaban J connectivity index is 1.60. The monoisotopic (exact) mass is 330 g/mol. The van der Waals surface area contributed by atoms with Crippen LogP contribution in [0.2, 0.25) is 0 Å². The smallest absolute Gasteiger partial charge is 0.225 e. The number of carbonyl (C=O) groups is 2. The fourth-order valence-corrected chi connectivity index (χ4v) is 2.86. The molecule has 0 spiro atoms. The third-order valence-electron chi connectivity index (χ3n) is 4.23.